The third-order valence-corrected chi connectivity index (χ3v) is 8.49. The molecule has 3 rings (SSSR count). The Hall–Kier alpha value is -1.88. The van der Waals surface area contributed by atoms with Crippen molar-refractivity contribution in [2.45, 2.75) is 37.5 Å². The van der Waals surface area contributed by atoms with E-state index in [0.717, 1.165) is 0 Å². The van der Waals surface area contributed by atoms with Gasteiger partial charge in [0, 0.05) is 19.8 Å². The second-order valence-corrected chi connectivity index (χ2v) is 12.5. The summed E-state index contributed by atoms with van der Waals surface area (Å²) in [7, 11) is 0. The second kappa shape index (κ2) is 10.8. The van der Waals surface area contributed by atoms with E-state index in [1.54, 1.807) is 24.3 Å². The summed E-state index contributed by atoms with van der Waals surface area (Å²) in [4.78, 5) is 24.6. The minimum absolute atomic E-state index is 0.0732. The van der Waals surface area contributed by atoms with E-state index in [4.69, 9.17) is 0 Å². The Morgan fingerprint density at radius 1 is 0.694 bits per heavy atom. The highest BCUT2D eigenvalue weighted by molar-refractivity contribution is 9.11. The van der Waals surface area contributed by atoms with Gasteiger partial charge in [-0.15, -0.1) is 0 Å². The molecule has 0 heterocycles. The van der Waals surface area contributed by atoms with Crippen molar-refractivity contribution in [3.8, 4) is 11.5 Å². The van der Waals surface area contributed by atoms with Crippen molar-refractivity contribution in [3.63, 3.8) is 0 Å². The van der Waals surface area contributed by atoms with Gasteiger partial charge in [0.05, 0.1) is 20.9 Å². The van der Waals surface area contributed by atoms with E-state index in [1.165, 1.54) is 38.1 Å². The predicted molar refractivity (Wildman–Crippen MR) is 146 cm³/mol. The average Bonchev–Trinajstić information content (AvgIpc) is 2.80. The number of rotatable bonds is 8. The number of carboxylic acids is 2. The summed E-state index contributed by atoms with van der Waals surface area (Å²) in [6.07, 6.45) is -0.146. The molecule has 0 amide bonds. The molecule has 190 valence electrons. The van der Waals surface area contributed by atoms with Gasteiger partial charge in [0.25, 0.3) is 0 Å². The molecule has 0 aliphatic rings. The van der Waals surface area contributed by atoms with Crippen LogP contribution in [0.3, 0.4) is 0 Å². The summed E-state index contributed by atoms with van der Waals surface area (Å²) in [5.74, 6) is -2.85. The van der Waals surface area contributed by atoms with Gasteiger partial charge in [-0.25, -0.2) is 0 Å². The van der Waals surface area contributed by atoms with Crippen LogP contribution in [0.25, 0.3) is 0 Å². The van der Waals surface area contributed by atoms with Crippen molar-refractivity contribution in [2.75, 3.05) is 0 Å². The summed E-state index contributed by atoms with van der Waals surface area (Å²) >= 11 is 13.2. The van der Waals surface area contributed by atoms with E-state index in [2.05, 4.69) is 63.7 Å². The molecule has 36 heavy (non-hydrogen) atoms. The Labute approximate surface area is 241 Å². The Bertz CT molecular complexity index is 1240. The topological polar surface area (TPSA) is 121 Å². The fraction of sp³-hybridized carbons (Fsp3) is 0.231. The zero-order valence-electron chi connectivity index (χ0n) is 19.1. The second-order valence-electron chi connectivity index (χ2n) is 8.96. The molecule has 0 aliphatic heterocycles. The smallest absolute Gasteiger partial charge is 0.133 e. The number of aliphatic carboxylic acids is 2. The number of benzene rings is 3. The molecule has 3 aromatic rings. The van der Waals surface area contributed by atoms with E-state index in [0.29, 0.717) is 40.1 Å². The van der Waals surface area contributed by atoms with Gasteiger partial charge in [-0.3, -0.25) is 0 Å². The number of aromatic hydroxyl groups is 2. The lowest BCUT2D eigenvalue weighted by molar-refractivity contribution is -0.314. The van der Waals surface area contributed by atoms with Gasteiger partial charge < -0.3 is 30.0 Å². The lowest BCUT2D eigenvalue weighted by atomic mass is 9.73. The number of carbonyl (C=O) groups excluding carboxylic acids is 2. The summed E-state index contributed by atoms with van der Waals surface area (Å²) < 4.78 is 2.14. The van der Waals surface area contributed by atoms with Crippen molar-refractivity contribution in [1.29, 1.82) is 0 Å². The number of phenolic OH excluding ortho intramolecular Hbond substituents is 2. The normalized spacial score (nSPS) is 14.6. The van der Waals surface area contributed by atoms with E-state index < -0.39 is 22.8 Å². The lowest BCUT2D eigenvalue weighted by Gasteiger charge is -2.34. The van der Waals surface area contributed by atoms with E-state index >= 15 is 0 Å². The maximum atomic E-state index is 12.3. The molecule has 2 unspecified atom stereocenters. The van der Waals surface area contributed by atoms with E-state index in [9.17, 15) is 30.0 Å². The van der Waals surface area contributed by atoms with Crippen LogP contribution in [0.5, 0.6) is 11.5 Å². The van der Waals surface area contributed by atoms with Gasteiger partial charge in [-0.05, 0) is 105 Å². The zero-order valence-corrected chi connectivity index (χ0v) is 25.4. The molecule has 6 nitrogen and oxygen atoms in total. The van der Waals surface area contributed by atoms with Gasteiger partial charge in [0.2, 0.25) is 0 Å². The zero-order chi connectivity index (χ0) is 27.0. The van der Waals surface area contributed by atoms with E-state index in [1.807, 2.05) is 0 Å². The SMILES string of the molecule is CC(Cc1cc(Br)cc(Br)c1O)(C(=O)[O-])c1ccc(C(C)(Cc2cc(Br)cc(Br)c2O)C(=O)[O-])cc1. The molecule has 0 aliphatic carbocycles. The van der Waals surface area contributed by atoms with Crippen molar-refractivity contribution >= 4 is 75.7 Å². The summed E-state index contributed by atoms with van der Waals surface area (Å²) in [5, 5.41) is 45.5. The van der Waals surface area contributed by atoms with Crippen molar-refractivity contribution in [3.05, 3.63) is 88.7 Å². The molecule has 0 spiro atoms. The first kappa shape index (κ1) is 28.7. The number of halogens is 4. The van der Waals surface area contributed by atoms with Crippen molar-refractivity contribution in [2.24, 2.45) is 0 Å². The molecule has 2 N–H and O–H groups in total. The molecule has 0 saturated heterocycles. The quantitative estimate of drug-likeness (QED) is 0.347. The standard InChI is InChI=1S/C26H22Br4O6/c1-25(23(33)34,11-13-7-17(27)9-19(29)21(13)31)15-3-5-16(6-4-15)26(2,24(35)36)12-14-8-18(28)10-20(30)22(14)32/h3-10,31-32H,11-12H2,1-2H3,(H,33,34)(H,35,36)/p-2. The minimum Gasteiger partial charge on any atom is -0.549 e. The Balaban J connectivity index is 2.02. The molecule has 0 fully saturated rings. The molecular weight excluding hydrogens is 728 g/mol. The number of phenols is 2. The van der Waals surface area contributed by atoms with Crippen molar-refractivity contribution < 1.29 is 30.0 Å². The molecule has 3 aromatic carbocycles. The fourth-order valence-electron chi connectivity index (χ4n) is 4.06. The summed E-state index contributed by atoms with van der Waals surface area (Å²) in [6.45, 7) is 2.97. The predicted octanol–water partition coefficient (Wildman–Crippen LogP) is 4.65. The van der Waals surface area contributed by atoms with Gasteiger partial charge in [-0.2, -0.15) is 0 Å². The number of carboxylic acid groups (broad SMARTS) is 2. The number of hydrogen-bond acceptors (Lipinski definition) is 6. The summed E-state index contributed by atoms with van der Waals surface area (Å²) in [5.41, 5.74) is -1.53. The maximum absolute atomic E-state index is 12.3. The van der Waals surface area contributed by atoms with Gasteiger partial charge in [-0.1, -0.05) is 56.1 Å². The molecule has 0 bridgehead atoms. The van der Waals surface area contributed by atoms with Crippen LogP contribution in [-0.2, 0) is 33.3 Å². The molecule has 0 radical (unpaired) electrons. The molecule has 0 saturated carbocycles. The highest BCUT2D eigenvalue weighted by atomic mass is 79.9. The highest BCUT2D eigenvalue weighted by Crippen LogP contribution is 2.40. The van der Waals surface area contributed by atoms with Crippen LogP contribution in [0.4, 0.5) is 0 Å². The van der Waals surface area contributed by atoms with Crippen LogP contribution in [0.15, 0.2) is 66.4 Å². The monoisotopic (exact) mass is 744 g/mol. The van der Waals surface area contributed by atoms with Crippen LogP contribution < -0.4 is 10.2 Å². The van der Waals surface area contributed by atoms with Gasteiger partial charge in [0.15, 0.2) is 0 Å². The van der Waals surface area contributed by atoms with Crippen LogP contribution in [0, 0.1) is 0 Å². The molecule has 0 aromatic heterocycles. The number of carbonyl (C=O) groups is 2. The molecule has 2 atom stereocenters. The third kappa shape index (κ3) is 5.66. The van der Waals surface area contributed by atoms with Crippen LogP contribution >= 0.6 is 63.7 Å². The lowest BCUT2D eigenvalue weighted by Crippen LogP contribution is -2.46. The van der Waals surface area contributed by atoms with Crippen LogP contribution in [-0.4, -0.2) is 22.2 Å². The van der Waals surface area contributed by atoms with Crippen LogP contribution in [0.2, 0.25) is 0 Å². The fourth-order valence-corrected chi connectivity index (χ4v) is 6.69. The van der Waals surface area contributed by atoms with Gasteiger partial charge >= 0.3 is 0 Å². The first-order valence-electron chi connectivity index (χ1n) is 10.6. The first-order chi connectivity index (χ1) is 16.7. The average molecular weight is 748 g/mol. The molecular formula is C26H20Br4O6-2. The maximum Gasteiger partial charge on any atom is 0.133 e. The number of hydrogen-bond donors (Lipinski definition) is 2. The summed E-state index contributed by atoms with van der Waals surface area (Å²) in [6, 6.07) is 12.7. The van der Waals surface area contributed by atoms with E-state index in [-0.39, 0.29) is 24.3 Å². The first-order valence-corrected chi connectivity index (χ1v) is 13.7. The highest BCUT2D eigenvalue weighted by Gasteiger charge is 2.33. The van der Waals surface area contributed by atoms with Gasteiger partial charge in [0.1, 0.15) is 11.5 Å². The molecule has 10 heteroatoms. The largest absolute Gasteiger partial charge is 0.549 e. The Morgan fingerprint density at radius 2 is 1.00 bits per heavy atom. The Kier molecular flexibility index (Phi) is 8.65. The third-order valence-electron chi connectivity index (χ3n) is 6.36. The Morgan fingerprint density at radius 3 is 1.28 bits per heavy atom. The van der Waals surface area contributed by atoms with Crippen molar-refractivity contribution in [1.82, 2.24) is 0 Å². The van der Waals surface area contributed by atoms with Crippen LogP contribution in [0.1, 0.15) is 36.1 Å². The minimum atomic E-state index is -1.53.